The summed E-state index contributed by atoms with van der Waals surface area (Å²) in [6.45, 7) is 0.327. The molecule has 0 aromatic heterocycles. The molecule has 0 aliphatic rings. The molecule has 19 heavy (non-hydrogen) atoms. The van der Waals surface area contributed by atoms with E-state index in [0.29, 0.717) is 17.7 Å². The molecule has 0 radical (unpaired) electrons. The lowest BCUT2D eigenvalue weighted by molar-refractivity contribution is 0.100. The van der Waals surface area contributed by atoms with Crippen LogP contribution in [-0.2, 0) is 6.54 Å². The minimum Gasteiger partial charge on any atom is -0.381 e. The summed E-state index contributed by atoms with van der Waals surface area (Å²) in [5, 5.41) is 3.06. The summed E-state index contributed by atoms with van der Waals surface area (Å²) >= 11 is 3.30. The predicted molar refractivity (Wildman–Crippen MR) is 76.4 cm³/mol. The molecule has 3 N–H and O–H groups in total. The summed E-state index contributed by atoms with van der Waals surface area (Å²) in [5.41, 5.74) is 6.88. The average Bonchev–Trinajstić information content (AvgIpc) is 2.40. The van der Waals surface area contributed by atoms with E-state index in [-0.39, 0.29) is 5.82 Å². The van der Waals surface area contributed by atoms with E-state index in [1.165, 1.54) is 6.07 Å². The average molecular weight is 323 g/mol. The Morgan fingerprint density at radius 2 is 2.05 bits per heavy atom. The van der Waals surface area contributed by atoms with Crippen LogP contribution in [0.25, 0.3) is 0 Å². The summed E-state index contributed by atoms with van der Waals surface area (Å²) in [6, 6.07) is 11.5. The maximum atomic E-state index is 13.5. The number of amides is 1. The fourth-order valence-electron chi connectivity index (χ4n) is 1.66. The minimum absolute atomic E-state index is 0.276. The summed E-state index contributed by atoms with van der Waals surface area (Å²) in [4.78, 5) is 11.1. The first-order chi connectivity index (χ1) is 9.06. The molecule has 2 rings (SSSR count). The van der Waals surface area contributed by atoms with Gasteiger partial charge in [-0.15, -0.1) is 0 Å². The van der Waals surface area contributed by atoms with Crippen LogP contribution in [0.4, 0.5) is 10.1 Å². The molecule has 0 unspecified atom stereocenters. The van der Waals surface area contributed by atoms with Crippen molar-refractivity contribution in [1.82, 2.24) is 0 Å². The fraction of sp³-hybridized carbons (Fsp3) is 0.0714. The number of nitrogens with two attached hydrogens (primary N) is 1. The van der Waals surface area contributed by atoms with Gasteiger partial charge in [-0.3, -0.25) is 4.79 Å². The summed E-state index contributed by atoms with van der Waals surface area (Å²) in [6.07, 6.45) is 0. The highest BCUT2D eigenvalue weighted by Gasteiger charge is 2.04. The van der Waals surface area contributed by atoms with E-state index in [9.17, 15) is 9.18 Å². The van der Waals surface area contributed by atoms with E-state index in [0.717, 1.165) is 10.2 Å². The van der Waals surface area contributed by atoms with Gasteiger partial charge >= 0.3 is 0 Å². The molecule has 2 aromatic carbocycles. The normalized spacial score (nSPS) is 10.2. The van der Waals surface area contributed by atoms with Gasteiger partial charge in [0.2, 0.25) is 5.91 Å². The molecule has 0 bridgehead atoms. The molecule has 0 fully saturated rings. The predicted octanol–water partition coefficient (Wildman–Crippen LogP) is 3.30. The van der Waals surface area contributed by atoms with Crippen LogP contribution in [0.15, 0.2) is 46.9 Å². The lowest BCUT2D eigenvalue weighted by atomic mass is 10.1. The van der Waals surface area contributed by atoms with Gasteiger partial charge in [-0.05, 0) is 36.4 Å². The van der Waals surface area contributed by atoms with E-state index in [2.05, 4.69) is 21.2 Å². The Morgan fingerprint density at radius 1 is 1.26 bits per heavy atom. The first-order valence-electron chi connectivity index (χ1n) is 5.64. The number of nitrogens with one attached hydrogen (secondary N) is 1. The summed E-state index contributed by atoms with van der Waals surface area (Å²) in [5.74, 6) is -0.765. The Kier molecular flexibility index (Phi) is 4.16. The van der Waals surface area contributed by atoms with Crippen LogP contribution in [0.5, 0.6) is 0 Å². The first-order valence-corrected chi connectivity index (χ1v) is 6.43. The lowest BCUT2D eigenvalue weighted by Crippen LogP contribution is -2.11. The van der Waals surface area contributed by atoms with Crippen molar-refractivity contribution >= 4 is 27.5 Å². The van der Waals surface area contributed by atoms with Crippen LogP contribution >= 0.6 is 15.9 Å². The lowest BCUT2D eigenvalue weighted by Gasteiger charge is -2.08. The maximum absolute atomic E-state index is 13.5. The zero-order valence-corrected chi connectivity index (χ0v) is 11.6. The monoisotopic (exact) mass is 322 g/mol. The van der Waals surface area contributed by atoms with Crippen LogP contribution in [0.1, 0.15) is 15.9 Å². The van der Waals surface area contributed by atoms with Gasteiger partial charge < -0.3 is 11.1 Å². The third-order valence-electron chi connectivity index (χ3n) is 2.64. The smallest absolute Gasteiger partial charge is 0.248 e. The van der Waals surface area contributed by atoms with Crippen molar-refractivity contribution in [3.8, 4) is 0 Å². The van der Waals surface area contributed by atoms with Gasteiger partial charge in [-0.25, -0.2) is 4.39 Å². The Morgan fingerprint density at radius 3 is 2.79 bits per heavy atom. The highest BCUT2D eigenvalue weighted by atomic mass is 79.9. The molecule has 0 atom stereocenters. The SMILES string of the molecule is NC(=O)c1cccc(NCc2cc(Br)ccc2F)c1. The Hall–Kier alpha value is -1.88. The third kappa shape index (κ3) is 3.54. The van der Waals surface area contributed by atoms with E-state index in [1.807, 2.05) is 0 Å². The van der Waals surface area contributed by atoms with Crippen LogP contribution in [0, 0.1) is 5.82 Å². The van der Waals surface area contributed by atoms with Crippen LogP contribution in [0.2, 0.25) is 0 Å². The zero-order chi connectivity index (χ0) is 13.8. The molecule has 0 aliphatic carbocycles. The van der Waals surface area contributed by atoms with E-state index < -0.39 is 5.91 Å². The van der Waals surface area contributed by atoms with Crippen molar-refractivity contribution in [3.63, 3.8) is 0 Å². The number of carbonyl (C=O) groups excluding carboxylic acids is 1. The van der Waals surface area contributed by atoms with Gasteiger partial charge in [0.25, 0.3) is 0 Å². The molecular weight excluding hydrogens is 311 g/mol. The molecular formula is C14H12BrFN2O. The molecule has 0 saturated carbocycles. The second-order valence-electron chi connectivity index (χ2n) is 4.03. The second-order valence-corrected chi connectivity index (χ2v) is 4.95. The van der Waals surface area contributed by atoms with Crippen molar-refractivity contribution in [2.24, 2.45) is 5.73 Å². The minimum atomic E-state index is -0.489. The highest BCUT2D eigenvalue weighted by Crippen LogP contribution is 2.17. The molecule has 5 heteroatoms. The molecule has 98 valence electrons. The molecule has 3 nitrogen and oxygen atoms in total. The number of primary amides is 1. The van der Waals surface area contributed by atoms with Crippen molar-refractivity contribution in [3.05, 3.63) is 63.9 Å². The van der Waals surface area contributed by atoms with Gasteiger partial charge in [0.1, 0.15) is 5.82 Å². The van der Waals surface area contributed by atoms with Gasteiger partial charge in [-0.2, -0.15) is 0 Å². The Balaban J connectivity index is 2.12. The van der Waals surface area contributed by atoms with Gasteiger partial charge in [0.15, 0.2) is 0 Å². The topological polar surface area (TPSA) is 55.1 Å². The second kappa shape index (κ2) is 5.84. The van der Waals surface area contributed by atoms with Crippen LogP contribution in [-0.4, -0.2) is 5.91 Å². The van der Waals surface area contributed by atoms with E-state index >= 15 is 0 Å². The number of benzene rings is 2. The quantitative estimate of drug-likeness (QED) is 0.907. The molecule has 0 saturated heterocycles. The summed E-state index contributed by atoms with van der Waals surface area (Å²) < 4.78 is 14.4. The van der Waals surface area contributed by atoms with Crippen molar-refractivity contribution in [2.75, 3.05) is 5.32 Å². The van der Waals surface area contributed by atoms with Crippen molar-refractivity contribution in [1.29, 1.82) is 0 Å². The number of hydrogen-bond acceptors (Lipinski definition) is 2. The van der Waals surface area contributed by atoms with Crippen molar-refractivity contribution in [2.45, 2.75) is 6.54 Å². The Labute approximate surface area is 118 Å². The van der Waals surface area contributed by atoms with Gasteiger partial charge in [-0.1, -0.05) is 22.0 Å². The van der Waals surface area contributed by atoms with E-state index in [1.54, 1.807) is 36.4 Å². The zero-order valence-electron chi connectivity index (χ0n) is 9.99. The summed E-state index contributed by atoms with van der Waals surface area (Å²) in [7, 11) is 0. The molecule has 0 aliphatic heterocycles. The molecule has 0 spiro atoms. The van der Waals surface area contributed by atoms with E-state index in [4.69, 9.17) is 5.73 Å². The molecule has 2 aromatic rings. The Bertz CT molecular complexity index is 616. The molecule has 1 amide bonds. The largest absolute Gasteiger partial charge is 0.381 e. The first kappa shape index (κ1) is 13.5. The maximum Gasteiger partial charge on any atom is 0.248 e. The number of anilines is 1. The standard InChI is InChI=1S/C14H12BrFN2O/c15-11-4-5-13(16)10(6-11)8-18-12-3-1-2-9(7-12)14(17)19/h1-7,18H,8H2,(H2,17,19). The third-order valence-corrected chi connectivity index (χ3v) is 3.13. The molecule has 0 heterocycles. The number of halogens is 2. The van der Waals surface area contributed by atoms with Crippen LogP contribution < -0.4 is 11.1 Å². The van der Waals surface area contributed by atoms with Crippen molar-refractivity contribution < 1.29 is 9.18 Å². The number of carbonyl (C=O) groups is 1. The highest BCUT2D eigenvalue weighted by molar-refractivity contribution is 9.10. The fourth-order valence-corrected chi connectivity index (χ4v) is 2.07. The number of hydrogen-bond donors (Lipinski definition) is 2. The number of rotatable bonds is 4. The van der Waals surface area contributed by atoms with Gasteiger partial charge in [0, 0.05) is 27.8 Å². The van der Waals surface area contributed by atoms with Crippen LogP contribution in [0.3, 0.4) is 0 Å². The van der Waals surface area contributed by atoms with Gasteiger partial charge in [0.05, 0.1) is 0 Å².